The van der Waals surface area contributed by atoms with Crippen LogP contribution in [0.5, 0.6) is 0 Å². The molecule has 0 aliphatic heterocycles. The van der Waals surface area contributed by atoms with Gasteiger partial charge in [0.1, 0.15) is 17.4 Å². The van der Waals surface area contributed by atoms with E-state index in [1.54, 1.807) is 0 Å². The Morgan fingerprint density at radius 3 is 2.44 bits per heavy atom. The Kier molecular flexibility index (Phi) is 8.52. The largest absolute Gasteiger partial charge is 0.390 e. The zero-order valence-electron chi connectivity index (χ0n) is 20.9. The fourth-order valence-corrected chi connectivity index (χ4v) is 5.91. The smallest absolute Gasteiger partial charge is 0.217 e. The van der Waals surface area contributed by atoms with Gasteiger partial charge in [-0.2, -0.15) is 0 Å². The Labute approximate surface area is 211 Å². The minimum Gasteiger partial charge on any atom is -0.390 e. The van der Waals surface area contributed by atoms with Crippen LogP contribution in [0.1, 0.15) is 80.9 Å². The summed E-state index contributed by atoms with van der Waals surface area (Å²) >= 11 is 0. The van der Waals surface area contributed by atoms with Crippen molar-refractivity contribution in [2.75, 3.05) is 6.54 Å². The average molecular weight is 499 g/mol. The monoisotopic (exact) mass is 498 g/mol. The molecule has 0 saturated heterocycles. The number of aliphatic hydroxyl groups excluding tert-OH is 1. The summed E-state index contributed by atoms with van der Waals surface area (Å²) in [5.74, 6) is -1.44. The molecule has 4 rings (SSSR count). The van der Waals surface area contributed by atoms with E-state index in [0.717, 1.165) is 62.1 Å². The first kappa shape index (κ1) is 26.4. The summed E-state index contributed by atoms with van der Waals surface area (Å²) in [6.07, 6.45) is 6.65. The number of aliphatic hydroxyl groups is 1. The van der Waals surface area contributed by atoms with Crippen LogP contribution in [0.3, 0.4) is 0 Å². The second-order valence-corrected chi connectivity index (χ2v) is 10.4. The highest BCUT2D eigenvalue weighted by Crippen LogP contribution is 2.39. The molecule has 2 saturated carbocycles. The van der Waals surface area contributed by atoms with E-state index in [1.165, 1.54) is 19.1 Å². The second kappa shape index (κ2) is 11.6. The van der Waals surface area contributed by atoms with Crippen LogP contribution in [0.4, 0.5) is 8.78 Å². The van der Waals surface area contributed by atoms with Crippen LogP contribution < -0.4 is 10.6 Å². The van der Waals surface area contributed by atoms with Gasteiger partial charge >= 0.3 is 0 Å². The number of halogens is 2. The fraction of sp³-hybridized carbons (Fsp3) is 0.517. The van der Waals surface area contributed by atoms with E-state index in [4.69, 9.17) is 0 Å². The maximum Gasteiger partial charge on any atom is 0.217 e. The third-order valence-electron chi connectivity index (χ3n) is 7.73. The van der Waals surface area contributed by atoms with Crippen LogP contribution in [0, 0.1) is 11.6 Å². The first-order valence-electron chi connectivity index (χ1n) is 13.0. The molecule has 2 aliphatic carbocycles. The van der Waals surface area contributed by atoms with Crippen LogP contribution in [0.2, 0.25) is 0 Å². The highest BCUT2D eigenvalue weighted by atomic mass is 19.1. The number of hydrogen-bond acceptors (Lipinski definition) is 4. The molecule has 0 radical (unpaired) electrons. The van der Waals surface area contributed by atoms with E-state index < -0.39 is 23.8 Å². The molecule has 2 fully saturated rings. The van der Waals surface area contributed by atoms with Crippen molar-refractivity contribution in [3.8, 4) is 0 Å². The summed E-state index contributed by atoms with van der Waals surface area (Å²) in [7, 11) is 0. The van der Waals surface area contributed by atoms with Gasteiger partial charge in [0.05, 0.1) is 12.1 Å². The third kappa shape index (κ3) is 6.37. The van der Waals surface area contributed by atoms with Gasteiger partial charge in [-0.05, 0) is 60.9 Å². The lowest BCUT2D eigenvalue weighted by atomic mass is 9.75. The summed E-state index contributed by atoms with van der Waals surface area (Å²) in [6, 6.07) is 10.8. The van der Waals surface area contributed by atoms with Gasteiger partial charge in [0.2, 0.25) is 5.91 Å². The number of hydrogen-bond donors (Lipinski definition) is 3. The van der Waals surface area contributed by atoms with Gasteiger partial charge in [-0.15, -0.1) is 0 Å². The number of benzene rings is 2. The molecule has 0 heterocycles. The Balaban J connectivity index is 1.52. The van der Waals surface area contributed by atoms with Crippen molar-refractivity contribution in [3.05, 3.63) is 70.8 Å². The molecule has 194 valence electrons. The highest BCUT2D eigenvalue weighted by Gasteiger charge is 2.36. The Morgan fingerprint density at radius 2 is 1.81 bits per heavy atom. The third-order valence-corrected chi connectivity index (χ3v) is 7.73. The number of Topliss-reactive ketones (excluding diaryl/α,β-unsaturated/α-hetero) is 1. The molecule has 0 spiro atoms. The average Bonchev–Trinajstić information content (AvgIpc) is 3.28. The van der Waals surface area contributed by atoms with Crippen molar-refractivity contribution in [2.24, 2.45) is 0 Å². The Hall–Kier alpha value is -2.64. The molecular formula is C29H36F2N2O3. The van der Waals surface area contributed by atoms with Crippen molar-refractivity contribution in [3.63, 3.8) is 0 Å². The maximum absolute atomic E-state index is 13.7. The maximum atomic E-state index is 13.7. The molecule has 1 unspecified atom stereocenters. The van der Waals surface area contributed by atoms with E-state index in [2.05, 4.69) is 22.8 Å². The van der Waals surface area contributed by atoms with Crippen LogP contribution in [-0.2, 0) is 21.5 Å². The minimum atomic E-state index is -0.973. The molecule has 0 aromatic heterocycles. The molecule has 36 heavy (non-hydrogen) atoms. The topological polar surface area (TPSA) is 78.4 Å². The summed E-state index contributed by atoms with van der Waals surface area (Å²) in [5, 5.41) is 17.5. The zero-order chi connectivity index (χ0) is 25.7. The summed E-state index contributed by atoms with van der Waals surface area (Å²) in [5.41, 5.74) is 2.20. The van der Waals surface area contributed by atoms with Gasteiger partial charge in [-0.1, -0.05) is 43.5 Å². The summed E-state index contributed by atoms with van der Waals surface area (Å²) < 4.78 is 27.4. The standard InChI is InChI=1S/C29H36F2N2O3/c1-19(34)33-26(15-20-13-23(30)17-24(31)14-20)28(36)18-32-29(11-3-2-4-12-29)22-8-5-7-21(16-22)25-9-6-10-27(25)35/h5,7-8,13-14,16-17,25-26,28,32,36H,2-4,6,9-12,15,18H2,1H3,(H,33,34)/t25?,26-,28+/m0/s1. The van der Waals surface area contributed by atoms with Crippen LogP contribution >= 0.6 is 0 Å². The summed E-state index contributed by atoms with van der Waals surface area (Å²) in [6.45, 7) is 1.56. The number of carbonyl (C=O) groups excluding carboxylic acids is 2. The first-order chi connectivity index (χ1) is 17.3. The highest BCUT2D eigenvalue weighted by molar-refractivity contribution is 5.87. The quantitative estimate of drug-likeness (QED) is 0.470. The normalized spacial score (nSPS) is 21.2. The van der Waals surface area contributed by atoms with Crippen LogP contribution in [-0.4, -0.2) is 35.5 Å². The van der Waals surface area contributed by atoms with Gasteiger partial charge < -0.3 is 15.7 Å². The molecule has 1 amide bonds. The molecule has 0 bridgehead atoms. The predicted octanol–water partition coefficient (Wildman–Crippen LogP) is 4.66. The van der Waals surface area contributed by atoms with Crippen molar-refractivity contribution < 1.29 is 23.5 Å². The van der Waals surface area contributed by atoms with E-state index in [0.29, 0.717) is 17.8 Å². The van der Waals surface area contributed by atoms with Gasteiger partial charge in [0.25, 0.3) is 0 Å². The molecule has 3 N–H and O–H groups in total. The van der Waals surface area contributed by atoms with Gasteiger partial charge in [0.15, 0.2) is 0 Å². The van der Waals surface area contributed by atoms with Crippen molar-refractivity contribution >= 4 is 11.7 Å². The van der Waals surface area contributed by atoms with Crippen LogP contribution in [0.25, 0.3) is 0 Å². The zero-order valence-corrected chi connectivity index (χ0v) is 20.9. The van der Waals surface area contributed by atoms with E-state index in [1.807, 2.05) is 12.1 Å². The predicted molar refractivity (Wildman–Crippen MR) is 134 cm³/mol. The Bertz CT molecular complexity index is 1060. The molecule has 5 nitrogen and oxygen atoms in total. The molecule has 2 aromatic carbocycles. The fourth-order valence-electron chi connectivity index (χ4n) is 5.91. The molecule has 2 aromatic rings. The number of amides is 1. The van der Waals surface area contributed by atoms with Crippen molar-refractivity contribution in [2.45, 2.75) is 88.3 Å². The van der Waals surface area contributed by atoms with E-state index >= 15 is 0 Å². The molecule has 7 heteroatoms. The van der Waals surface area contributed by atoms with Crippen molar-refractivity contribution in [1.29, 1.82) is 0 Å². The van der Waals surface area contributed by atoms with E-state index in [9.17, 15) is 23.5 Å². The lowest BCUT2D eigenvalue weighted by Crippen LogP contribution is -2.53. The molecular weight excluding hydrogens is 462 g/mol. The summed E-state index contributed by atoms with van der Waals surface area (Å²) in [4.78, 5) is 24.2. The number of ketones is 1. The van der Waals surface area contributed by atoms with E-state index in [-0.39, 0.29) is 30.3 Å². The second-order valence-electron chi connectivity index (χ2n) is 10.4. The minimum absolute atomic E-state index is 0.0352. The lowest BCUT2D eigenvalue weighted by Gasteiger charge is -2.40. The number of rotatable bonds is 9. The van der Waals surface area contributed by atoms with Crippen molar-refractivity contribution in [1.82, 2.24) is 10.6 Å². The molecule has 2 aliphatic rings. The van der Waals surface area contributed by atoms with Gasteiger partial charge in [-0.25, -0.2) is 8.78 Å². The number of nitrogens with one attached hydrogen (secondary N) is 2. The number of carbonyl (C=O) groups is 2. The lowest BCUT2D eigenvalue weighted by molar-refractivity contribution is -0.120. The molecule has 3 atom stereocenters. The SMILES string of the molecule is CC(=O)N[C@@H](Cc1cc(F)cc(F)c1)[C@H](O)CNC1(c2cccc(C3CCCC3=O)c2)CCCCC1. The first-order valence-corrected chi connectivity index (χ1v) is 13.0. The van der Waals surface area contributed by atoms with Gasteiger partial charge in [-0.3, -0.25) is 9.59 Å². The van der Waals surface area contributed by atoms with Gasteiger partial charge in [0, 0.05) is 37.4 Å². The Morgan fingerprint density at radius 1 is 1.08 bits per heavy atom. The van der Waals surface area contributed by atoms with Crippen LogP contribution in [0.15, 0.2) is 42.5 Å².